The first-order valence-corrected chi connectivity index (χ1v) is 5.19. The Kier molecular flexibility index (Phi) is 3.86. The molecule has 3 nitrogen and oxygen atoms in total. The summed E-state index contributed by atoms with van der Waals surface area (Å²) in [6.45, 7) is 5.84. The maximum Gasteiger partial charge on any atom is 0.241 e. The van der Waals surface area contributed by atoms with Crippen molar-refractivity contribution in [3.8, 4) is 0 Å². The maximum atomic E-state index is 11.6. The normalized spacial score (nSPS) is 12.3. The number of hydrogen-bond acceptors (Lipinski definition) is 2. The lowest BCUT2D eigenvalue weighted by Gasteiger charge is -2.14. The minimum Gasteiger partial charge on any atom is -0.324 e. The van der Waals surface area contributed by atoms with Gasteiger partial charge < -0.3 is 11.1 Å². The van der Waals surface area contributed by atoms with E-state index in [-0.39, 0.29) is 5.91 Å². The van der Waals surface area contributed by atoms with E-state index in [4.69, 9.17) is 5.73 Å². The van der Waals surface area contributed by atoms with E-state index >= 15 is 0 Å². The largest absolute Gasteiger partial charge is 0.324 e. The van der Waals surface area contributed by atoms with Crippen LogP contribution in [0.4, 0.5) is 5.69 Å². The molecule has 15 heavy (non-hydrogen) atoms. The van der Waals surface area contributed by atoms with Gasteiger partial charge in [0.15, 0.2) is 0 Å². The fourth-order valence-electron chi connectivity index (χ4n) is 1.41. The monoisotopic (exact) mass is 206 g/mol. The summed E-state index contributed by atoms with van der Waals surface area (Å²) in [7, 11) is 0. The molecule has 0 aliphatic heterocycles. The number of nitrogens with one attached hydrogen (secondary N) is 1. The molecule has 0 aromatic heterocycles. The van der Waals surface area contributed by atoms with E-state index in [0.29, 0.717) is 6.42 Å². The van der Waals surface area contributed by atoms with Crippen molar-refractivity contribution in [3.63, 3.8) is 0 Å². The van der Waals surface area contributed by atoms with Gasteiger partial charge in [0.25, 0.3) is 0 Å². The molecule has 0 aliphatic rings. The number of carbonyl (C=O) groups excluding carboxylic acids is 1. The molecule has 1 amide bonds. The van der Waals surface area contributed by atoms with Crippen LogP contribution in [-0.2, 0) is 4.79 Å². The molecule has 1 aromatic rings. The van der Waals surface area contributed by atoms with Gasteiger partial charge >= 0.3 is 0 Å². The van der Waals surface area contributed by atoms with E-state index in [9.17, 15) is 4.79 Å². The van der Waals surface area contributed by atoms with Crippen molar-refractivity contribution in [1.29, 1.82) is 0 Å². The van der Waals surface area contributed by atoms with Crippen LogP contribution in [0.25, 0.3) is 0 Å². The SMILES string of the molecule is CC[C@H](N)C(=O)Nc1c(C)cccc1C. The lowest BCUT2D eigenvalue weighted by Crippen LogP contribution is -2.35. The van der Waals surface area contributed by atoms with Gasteiger partial charge in [0.05, 0.1) is 6.04 Å². The molecule has 0 aliphatic carbocycles. The Hall–Kier alpha value is -1.35. The van der Waals surface area contributed by atoms with Gasteiger partial charge in [-0.1, -0.05) is 25.1 Å². The number of anilines is 1. The summed E-state index contributed by atoms with van der Waals surface area (Å²) in [5.74, 6) is -0.116. The summed E-state index contributed by atoms with van der Waals surface area (Å²) in [6.07, 6.45) is 0.650. The third kappa shape index (κ3) is 2.80. The highest BCUT2D eigenvalue weighted by atomic mass is 16.2. The smallest absolute Gasteiger partial charge is 0.241 e. The first kappa shape index (κ1) is 11.7. The van der Waals surface area contributed by atoms with Gasteiger partial charge in [-0.3, -0.25) is 4.79 Å². The van der Waals surface area contributed by atoms with Gasteiger partial charge in [-0.2, -0.15) is 0 Å². The van der Waals surface area contributed by atoms with E-state index in [1.807, 2.05) is 39.0 Å². The molecule has 0 unspecified atom stereocenters. The van der Waals surface area contributed by atoms with Crippen LogP contribution in [0.2, 0.25) is 0 Å². The van der Waals surface area contributed by atoms with Gasteiger partial charge in [0.2, 0.25) is 5.91 Å². The van der Waals surface area contributed by atoms with Crippen molar-refractivity contribution in [1.82, 2.24) is 0 Å². The molecule has 0 saturated carbocycles. The van der Waals surface area contributed by atoms with E-state index in [2.05, 4.69) is 5.32 Å². The minimum absolute atomic E-state index is 0.116. The number of aryl methyl sites for hydroxylation is 2. The highest BCUT2D eigenvalue weighted by Crippen LogP contribution is 2.19. The van der Waals surface area contributed by atoms with Crippen molar-refractivity contribution in [2.45, 2.75) is 33.2 Å². The number of carbonyl (C=O) groups is 1. The summed E-state index contributed by atoms with van der Waals surface area (Å²) < 4.78 is 0. The van der Waals surface area contributed by atoms with Gasteiger partial charge in [-0.15, -0.1) is 0 Å². The molecule has 82 valence electrons. The summed E-state index contributed by atoms with van der Waals surface area (Å²) in [4.78, 5) is 11.6. The molecule has 1 atom stereocenters. The highest BCUT2D eigenvalue weighted by molar-refractivity contribution is 5.95. The van der Waals surface area contributed by atoms with Crippen molar-refractivity contribution >= 4 is 11.6 Å². The Morgan fingerprint density at radius 1 is 1.40 bits per heavy atom. The lowest BCUT2D eigenvalue weighted by atomic mass is 10.1. The average molecular weight is 206 g/mol. The third-order valence-electron chi connectivity index (χ3n) is 2.51. The number of hydrogen-bond donors (Lipinski definition) is 2. The summed E-state index contributed by atoms with van der Waals surface area (Å²) in [5.41, 5.74) is 8.66. The van der Waals surface area contributed by atoms with Crippen LogP contribution < -0.4 is 11.1 Å². The fourth-order valence-corrected chi connectivity index (χ4v) is 1.41. The van der Waals surface area contributed by atoms with Crippen LogP contribution in [0.3, 0.4) is 0 Å². The molecule has 1 rings (SSSR count). The molecule has 0 spiro atoms. The number of rotatable bonds is 3. The van der Waals surface area contributed by atoms with E-state index in [1.165, 1.54) is 0 Å². The minimum atomic E-state index is -0.427. The van der Waals surface area contributed by atoms with E-state index in [0.717, 1.165) is 16.8 Å². The Morgan fingerprint density at radius 3 is 2.40 bits per heavy atom. The topological polar surface area (TPSA) is 55.1 Å². The molecule has 3 N–H and O–H groups in total. The molecule has 3 heteroatoms. The second-order valence-electron chi connectivity index (χ2n) is 3.77. The van der Waals surface area contributed by atoms with Gasteiger partial charge in [0.1, 0.15) is 0 Å². The Bertz CT molecular complexity index is 340. The van der Waals surface area contributed by atoms with Crippen LogP contribution in [0.15, 0.2) is 18.2 Å². The van der Waals surface area contributed by atoms with Crippen LogP contribution in [0.1, 0.15) is 24.5 Å². The molecular formula is C12H18N2O. The van der Waals surface area contributed by atoms with Crippen molar-refractivity contribution in [2.24, 2.45) is 5.73 Å². The summed E-state index contributed by atoms with van der Waals surface area (Å²) >= 11 is 0. The summed E-state index contributed by atoms with van der Waals surface area (Å²) in [5, 5.41) is 2.87. The Morgan fingerprint density at radius 2 is 1.93 bits per heavy atom. The standard InChI is InChI=1S/C12H18N2O/c1-4-10(13)12(15)14-11-8(2)6-5-7-9(11)3/h5-7,10H,4,13H2,1-3H3,(H,14,15)/t10-/m0/s1. The first-order valence-electron chi connectivity index (χ1n) is 5.19. The lowest BCUT2D eigenvalue weighted by molar-refractivity contribution is -0.117. The zero-order valence-electron chi connectivity index (χ0n) is 9.50. The second kappa shape index (κ2) is 4.94. The number of amides is 1. The molecule has 0 bridgehead atoms. The second-order valence-corrected chi connectivity index (χ2v) is 3.77. The molecule has 0 heterocycles. The predicted molar refractivity (Wildman–Crippen MR) is 62.8 cm³/mol. The van der Waals surface area contributed by atoms with Crippen LogP contribution in [-0.4, -0.2) is 11.9 Å². The molecule has 0 radical (unpaired) electrons. The molecular weight excluding hydrogens is 188 g/mol. The number of nitrogens with two attached hydrogens (primary N) is 1. The van der Waals surface area contributed by atoms with E-state index in [1.54, 1.807) is 0 Å². The molecule has 1 aromatic carbocycles. The number of benzene rings is 1. The van der Waals surface area contributed by atoms with Gasteiger partial charge in [-0.05, 0) is 31.4 Å². The predicted octanol–water partition coefficient (Wildman–Crippen LogP) is 1.98. The third-order valence-corrected chi connectivity index (χ3v) is 2.51. The highest BCUT2D eigenvalue weighted by Gasteiger charge is 2.12. The zero-order chi connectivity index (χ0) is 11.4. The summed E-state index contributed by atoms with van der Waals surface area (Å²) in [6, 6.07) is 5.49. The quantitative estimate of drug-likeness (QED) is 0.794. The van der Waals surface area contributed by atoms with Crippen LogP contribution in [0, 0.1) is 13.8 Å². The average Bonchev–Trinajstić information content (AvgIpc) is 2.22. The van der Waals surface area contributed by atoms with Gasteiger partial charge in [0, 0.05) is 5.69 Å². The maximum absolute atomic E-state index is 11.6. The Labute approximate surface area is 90.7 Å². The fraction of sp³-hybridized carbons (Fsp3) is 0.417. The zero-order valence-corrected chi connectivity index (χ0v) is 9.50. The Balaban J connectivity index is 2.85. The number of para-hydroxylation sites is 1. The molecule has 0 fully saturated rings. The molecule has 0 saturated heterocycles. The van der Waals surface area contributed by atoms with Crippen LogP contribution in [0.5, 0.6) is 0 Å². The first-order chi connectivity index (χ1) is 7.06. The van der Waals surface area contributed by atoms with Crippen molar-refractivity contribution in [3.05, 3.63) is 29.3 Å². The van der Waals surface area contributed by atoms with Crippen molar-refractivity contribution in [2.75, 3.05) is 5.32 Å². The van der Waals surface area contributed by atoms with Crippen LogP contribution >= 0.6 is 0 Å². The van der Waals surface area contributed by atoms with Crippen molar-refractivity contribution < 1.29 is 4.79 Å². The van der Waals surface area contributed by atoms with Gasteiger partial charge in [-0.25, -0.2) is 0 Å². The van der Waals surface area contributed by atoms with E-state index < -0.39 is 6.04 Å².